The molecular formula is C25H21N3O4S2. The monoisotopic (exact) mass is 491 g/mol. The Balaban J connectivity index is 1.46. The first-order valence-electron chi connectivity index (χ1n) is 10.3. The third-order valence-corrected chi connectivity index (χ3v) is 7.25. The first kappa shape index (κ1) is 23.3. The zero-order chi connectivity index (χ0) is 24.3. The molecule has 172 valence electrons. The lowest BCUT2D eigenvalue weighted by molar-refractivity contribution is 0.101. The van der Waals surface area contributed by atoms with Crippen molar-refractivity contribution in [3.05, 3.63) is 94.9 Å². The Labute approximate surface area is 201 Å². The van der Waals surface area contributed by atoms with Crippen LogP contribution >= 0.6 is 11.3 Å². The summed E-state index contributed by atoms with van der Waals surface area (Å²) >= 11 is 1.31. The van der Waals surface area contributed by atoms with Gasteiger partial charge in [-0.2, -0.15) is 0 Å². The van der Waals surface area contributed by atoms with Crippen molar-refractivity contribution in [2.24, 2.45) is 0 Å². The van der Waals surface area contributed by atoms with Gasteiger partial charge in [0.2, 0.25) is 0 Å². The van der Waals surface area contributed by atoms with Crippen molar-refractivity contribution in [3.8, 4) is 11.3 Å². The minimum absolute atomic E-state index is 0.00614. The summed E-state index contributed by atoms with van der Waals surface area (Å²) in [6, 6.07) is 19.7. The Morgan fingerprint density at radius 1 is 0.912 bits per heavy atom. The highest BCUT2D eigenvalue weighted by molar-refractivity contribution is 7.92. The zero-order valence-electron chi connectivity index (χ0n) is 18.4. The van der Waals surface area contributed by atoms with Gasteiger partial charge in [-0.25, -0.2) is 13.4 Å². The summed E-state index contributed by atoms with van der Waals surface area (Å²) in [6.07, 6.45) is 0. The predicted molar refractivity (Wildman–Crippen MR) is 134 cm³/mol. The van der Waals surface area contributed by atoms with Crippen LogP contribution in [0.4, 0.5) is 10.8 Å². The number of aromatic nitrogens is 1. The molecule has 0 unspecified atom stereocenters. The second kappa shape index (κ2) is 9.58. The summed E-state index contributed by atoms with van der Waals surface area (Å²) in [7, 11) is -3.89. The molecule has 0 fully saturated rings. The first-order chi connectivity index (χ1) is 16.2. The number of aryl methyl sites for hydroxylation is 1. The lowest BCUT2D eigenvalue weighted by Gasteiger charge is -2.09. The van der Waals surface area contributed by atoms with Crippen LogP contribution in [0.5, 0.6) is 0 Å². The molecule has 0 atom stereocenters. The van der Waals surface area contributed by atoms with E-state index in [0.29, 0.717) is 16.3 Å². The van der Waals surface area contributed by atoms with Gasteiger partial charge in [0.05, 0.1) is 10.6 Å². The van der Waals surface area contributed by atoms with Gasteiger partial charge in [0.25, 0.3) is 15.9 Å². The Hall–Kier alpha value is -3.82. The number of hydrogen-bond acceptors (Lipinski definition) is 6. The van der Waals surface area contributed by atoms with E-state index >= 15 is 0 Å². The molecule has 3 aromatic carbocycles. The third kappa shape index (κ3) is 5.22. The van der Waals surface area contributed by atoms with Crippen molar-refractivity contribution in [2.45, 2.75) is 18.7 Å². The highest BCUT2D eigenvalue weighted by atomic mass is 32.2. The number of benzene rings is 3. The van der Waals surface area contributed by atoms with Gasteiger partial charge in [-0.05, 0) is 55.8 Å². The van der Waals surface area contributed by atoms with Crippen molar-refractivity contribution in [3.63, 3.8) is 0 Å². The number of sulfonamides is 1. The van der Waals surface area contributed by atoms with Gasteiger partial charge in [-0.1, -0.05) is 36.4 Å². The number of ketones is 1. The number of carbonyl (C=O) groups is 2. The molecule has 0 spiro atoms. The minimum atomic E-state index is -3.89. The average Bonchev–Trinajstić information content (AvgIpc) is 3.27. The van der Waals surface area contributed by atoms with E-state index in [0.717, 1.165) is 16.8 Å². The maximum atomic E-state index is 12.7. The van der Waals surface area contributed by atoms with Crippen molar-refractivity contribution in [1.29, 1.82) is 0 Å². The average molecular weight is 492 g/mol. The molecule has 0 aliphatic heterocycles. The Morgan fingerprint density at radius 2 is 1.65 bits per heavy atom. The normalized spacial score (nSPS) is 11.1. The van der Waals surface area contributed by atoms with Crippen molar-refractivity contribution in [2.75, 3.05) is 10.0 Å². The molecule has 9 heteroatoms. The molecule has 0 aliphatic carbocycles. The van der Waals surface area contributed by atoms with Gasteiger partial charge in [-0.15, -0.1) is 11.3 Å². The van der Waals surface area contributed by atoms with Crippen LogP contribution in [-0.4, -0.2) is 25.1 Å². The van der Waals surface area contributed by atoms with E-state index in [1.165, 1.54) is 48.6 Å². The molecule has 0 saturated carbocycles. The molecule has 2 N–H and O–H groups in total. The fourth-order valence-corrected chi connectivity index (χ4v) is 5.04. The highest BCUT2D eigenvalue weighted by Crippen LogP contribution is 2.27. The number of anilines is 2. The van der Waals surface area contributed by atoms with Gasteiger partial charge in [0, 0.05) is 27.8 Å². The van der Waals surface area contributed by atoms with Crippen LogP contribution in [-0.2, 0) is 10.0 Å². The van der Waals surface area contributed by atoms with E-state index < -0.39 is 15.9 Å². The number of thiazole rings is 1. The van der Waals surface area contributed by atoms with Gasteiger partial charge in [0.1, 0.15) is 0 Å². The molecular weight excluding hydrogens is 470 g/mol. The molecule has 0 saturated heterocycles. The first-order valence-corrected chi connectivity index (χ1v) is 12.7. The van der Waals surface area contributed by atoms with Gasteiger partial charge >= 0.3 is 0 Å². The summed E-state index contributed by atoms with van der Waals surface area (Å²) in [4.78, 5) is 28.7. The number of hydrogen-bond donors (Lipinski definition) is 2. The maximum Gasteiger partial charge on any atom is 0.261 e. The van der Waals surface area contributed by atoms with E-state index in [1.54, 1.807) is 18.2 Å². The molecule has 1 amide bonds. The number of Topliss-reactive ketones (excluding diaryl/α,β-unsaturated/α-hetero) is 1. The standard InChI is InChI=1S/C25H21N3O4S2/c1-16-6-3-4-9-22(16)23-15-33-25(26-23)27-24(30)18-10-12-21(13-11-18)34(31,32)28-20-8-5-7-19(14-20)17(2)29/h3-15,28H,1-2H3,(H,26,27,30). The Morgan fingerprint density at radius 3 is 2.35 bits per heavy atom. The van der Waals surface area contributed by atoms with E-state index in [4.69, 9.17) is 0 Å². The smallest absolute Gasteiger partial charge is 0.261 e. The maximum absolute atomic E-state index is 12.7. The summed E-state index contributed by atoms with van der Waals surface area (Å²) in [6.45, 7) is 3.41. The van der Waals surface area contributed by atoms with Crippen LogP contribution in [0.25, 0.3) is 11.3 Å². The van der Waals surface area contributed by atoms with Crippen LogP contribution in [0.2, 0.25) is 0 Å². The fourth-order valence-electron chi connectivity index (χ4n) is 3.29. The van der Waals surface area contributed by atoms with Crippen LogP contribution in [0.3, 0.4) is 0 Å². The summed E-state index contributed by atoms with van der Waals surface area (Å²) in [5.74, 6) is -0.556. The van der Waals surface area contributed by atoms with Crippen LogP contribution in [0.15, 0.2) is 83.1 Å². The summed E-state index contributed by atoms with van der Waals surface area (Å²) in [5, 5.41) is 5.08. The third-order valence-electron chi connectivity index (χ3n) is 5.09. The minimum Gasteiger partial charge on any atom is -0.298 e. The topological polar surface area (TPSA) is 105 Å². The largest absolute Gasteiger partial charge is 0.298 e. The Bertz CT molecular complexity index is 1480. The van der Waals surface area contributed by atoms with Crippen molar-refractivity contribution >= 4 is 43.9 Å². The second-order valence-corrected chi connectivity index (χ2v) is 10.1. The van der Waals surface area contributed by atoms with E-state index in [2.05, 4.69) is 15.0 Å². The number of nitrogens with zero attached hydrogens (tertiary/aromatic N) is 1. The lowest BCUT2D eigenvalue weighted by atomic mass is 10.1. The molecule has 0 bridgehead atoms. The molecule has 4 rings (SSSR count). The summed E-state index contributed by atoms with van der Waals surface area (Å²) in [5.41, 5.74) is 3.84. The molecule has 0 radical (unpaired) electrons. The SMILES string of the molecule is CC(=O)c1cccc(NS(=O)(=O)c2ccc(C(=O)Nc3nc(-c4ccccc4C)cs3)cc2)c1. The quantitative estimate of drug-likeness (QED) is 0.338. The lowest BCUT2D eigenvalue weighted by Crippen LogP contribution is -2.15. The number of amides is 1. The zero-order valence-corrected chi connectivity index (χ0v) is 20.0. The number of carbonyl (C=O) groups excluding carboxylic acids is 2. The molecule has 4 aromatic rings. The Kier molecular flexibility index (Phi) is 6.58. The van der Waals surface area contributed by atoms with Crippen molar-refractivity contribution < 1.29 is 18.0 Å². The van der Waals surface area contributed by atoms with Gasteiger partial charge in [0.15, 0.2) is 10.9 Å². The van der Waals surface area contributed by atoms with Gasteiger partial charge in [-0.3, -0.25) is 19.6 Å². The van der Waals surface area contributed by atoms with E-state index in [-0.39, 0.29) is 16.4 Å². The number of nitrogens with one attached hydrogen (secondary N) is 2. The van der Waals surface area contributed by atoms with Crippen LogP contribution < -0.4 is 10.0 Å². The molecule has 34 heavy (non-hydrogen) atoms. The second-order valence-electron chi connectivity index (χ2n) is 7.57. The predicted octanol–water partition coefficient (Wildman–Crippen LogP) is 5.37. The van der Waals surface area contributed by atoms with Crippen molar-refractivity contribution in [1.82, 2.24) is 4.98 Å². The fraction of sp³-hybridized carbons (Fsp3) is 0.0800. The van der Waals surface area contributed by atoms with Gasteiger partial charge < -0.3 is 0 Å². The molecule has 0 aliphatic rings. The van der Waals surface area contributed by atoms with Crippen LogP contribution in [0, 0.1) is 6.92 Å². The highest BCUT2D eigenvalue weighted by Gasteiger charge is 2.17. The number of rotatable bonds is 7. The van der Waals surface area contributed by atoms with Crippen LogP contribution in [0.1, 0.15) is 33.2 Å². The molecule has 7 nitrogen and oxygen atoms in total. The van der Waals surface area contributed by atoms with E-state index in [1.807, 2.05) is 36.6 Å². The van der Waals surface area contributed by atoms with E-state index in [9.17, 15) is 18.0 Å². The molecule has 1 aromatic heterocycles. The molecule has 1 heterocycles. The summed E-state index contributed by atoms with van der Waals surface area (Å²) < 4.78 is 27.9.